The Morgan fingerprint density at radius 3 is 1.03 bits per heavy atom. The molecule has 0 aromatic carbocycles. The van der Waals surface area contributed by atoms with E-state index in [0.29, 0.717) is 10.9 Å². The molecule has 3 aliphatic rings. The topological polar surface area (TPSA) is 155 Å². The standard InChI is InChI=1S/C16H14B2N8O6.Fe/c1-3-15(13-19-5-1)17-27-21-7-10-24-30-18(16-4-2-6-20-14-16,31-25-11-8-22-28-17)32-26-12-9-23-29-17;/h1-14H;/q-2;+2/b21-7+,22-8+,23-9+,24-10+,25-11+,26-12+;. The van der Waals surface area contributed by atoms with E-state index in [4.69, 9.17) is 28.5 Å². The van der Waals surface area contributed by atoms with Gasteiger partial charge in [0.05, 0.1) is 37.3 Å². The van der Waals surface area contributed by atoms with Crippen LogP contribution in [0.3, 0.4) is 0 Å². The van der Waals surface area contributed by atoms with Crippen LogP contribution < -0.4 is 10.9 Å². The summed E-state index contributed by atoms with van der Waals surface area (Å²) in [6.07, 6.45) is 13.0. The van der Waals surface area contributed by atoms with Crippen LogP contribution in [0.1, 0.15) is 0 Å². The molecule has 5 rings (SSSR count). The minimum absolute atomic E-state index is 0. The van der Waals surface area contributed by atoms with Gasteiger partial charge in [-0.05, 0) is 12.1 Å². The van der Waals surface area contributed by atoms with E-state index in [1.54, 1.807) is 36.7 Å². The normalized spacial score (nSPS) is 29.7. The number of fused-ring (bicyclic) bond motifs is 9. The number of pyridine rings is 2. The second kappa shape index (κ2) is 11.4. The Kier molecular flexibility index (Phi) is 8.10. The zero-order valence-corrected chi connectivity index (χ0v) is 17.7. The first-order valence-corrected chi connectivity index (χ1v) is 9.16. The molecule has 2 aromatic heterocycles. The van der Waals surface area contributed by atoms with Crippen molar-refractivity contribution >= 4 is 61.7 Å². The third kappa shape index (κ3) is 5.72. The summed E-state index contributed by atoms with van der Waals surface area (Å²) in [5, 5.41) is 22.8. The summed E-state index contributed by atoms with van der Waals surface area (Å²) in [5.41, 5.74) is 0.707. The number of rotatable bonds is 2. The SMILES string of the molecule is C1=N/O[B-]2(c3cccnc3)O/N=C/C=N/O[B-](c3cccnc3)(O/N=C/1)O/N=C/C=N/O2.[Fe+2]. The molecule has 0 saturated heterocycles. The van der Waals surface area contributed by atoms with E-state index in [9.17, 15) is 0 Å². The van der Waals surface area contributed by atoms with Gasteiger partial charge in [0.1, 0.15) is 0 Å². The van der Waals surface area contributed by atoms with Gasteiger partial charge in [-0.3, -0.25) is 9.97 Å². The molecule has 0 aliphatic carbocycles. The molecular formula is C16H14B2FeN8O6. The van der Waals surface area contributed by atoms with Gasteiger partial charge in [-0.15, -0.1) is 30.9 Å². The Balaban J connectivity index is 0.00000306. The van der Waals surface area contributed by atoms with Crippen molar-refractivity contribution in [1.29, 1.82) is 0 Å². The van der Waals surface area contributed by atoms with Crippen molar-refractivity contribution in [1.82, 2.24) is 9.97 Å². The molecule has 0 unspecified atom stereocenters. The third-order valence-electron chi connectivity index (χ3n) is 3.95. The molecule has 0 saturated carbocycles. The molecule has 5 heterocycles. The van der Waals surface area contributed by atoms with Crippen molar-refractivity contribution in [3.8, 4) is 0 Å². The molecule has 14 nitrogen and oxygen atoms in total. The summed E-state index contributed by atoms with van der Waals surface area (Å²) in [6.45, 7) is -5.69. The molecule has 2 aromatic rings. The van der Waals surface area contributed by atoms with Crippen molar-refractivity contribution < 1.29 is 45.6 Å². The monoisotopic (exact) mass is 492 g/mol. The van der Waals surface area contributed by atoms with Crippen molar-refractivity contribution in [2.24, 2.45) is 30.9 Å². The van der Waals surface area contributed by atoms with E-state index in [2.05, 4.69) is 40.9 Å². The van der Waals surface area contributed by atoms with E-state index in [0.717, 1.165) is 0 Å². The first kappa shape index (κ1) is 23.4. The Bertz CT molecular complexity index is 916. The Hall–Kier alpha value is -4.23. The first-order valence-electron chi connectivity index (χ1n) is 9.16. The Morgan fingerprint density at radius 2 is 0.788 bits per heavy atom. The van der Waals surface area contributed by atoms with Crippen LogP contribution in [0, 0.1) is 0 Å². The average molecular weight is 492 g/mol. The van der Waals surface area contributed by atoms with Crippen LogP contribution in [0.5, 0.6) is 0 Å². The van der Waals surface area contributed by atoms with Gasteiger partial charge in [-0.1, -0.05) is 23.1 Å². The van der Waals surface area contributed by atoms with Crippen molar-refractivity contribution in [3.05, 3.63) is 49.1 Å². The van der Waals surface area contributed by atoms with Gasteiger partial charge in [-0.2, -0.15) is 0 Å². The van der Waals surface area contributed by atoms with Crippen molar-refractivity contribution in [2.75, 3.05) is 0 Å². The van der Waals surface area contributed by atoms with Crippen LogP contribution >= 0.6 is 0 Å². The summed E-state index contributed by atoms with van der Waals surface area (Å²) in [5.74, 6) is 0. The first-order chi connectivity index (χ1) is 15.8. The molecule has 0 amide bonds. The maximum atomic E-state index is 5.48. The molecular weight excluding hydrogens is 478 g/mol. The average Bonchev–Trinajstić information content (AvgIpc) is 2.85. The Labute approximate surface area is 197 Å². The minimum Gasteiger partial charge on any atom is -0.536 e. The smallest absolute Gasteiger partial charge is 0.536 e. The molecule has 0 spiro atoms. The van der Waals surface area contributed by atoms with Crippen molar-refractivity contribution in [3.63, 3.8) is 0 Å². The Morgan fingerprint density at radius 1 is 0.485 bits per heavy atom. The van der Waals surface area contributed by atoms with Crippen LogP contribution in [-0.2, 0) is 45.6 Å². The summed E-state index contributed by atoms with van der Waals surface area (Å²) in [4.78, 5) is 8.05. The fourth-order valence-corrected chi connectivity index (χ4v) is 2.51. The molecule has 0 N–H and O–H groups in total. The zero-order chi connectivity index (χ0) is 22.0. The van der Waals surface area contributed by atoms with E-state index < -0.39 is 13.5 Å². The fraction of sp³-hybridized carbons (Fsp3) is 0. The number of hydrogen-bond acceptors (Lipinski definition) is 14. The van der Waals surface area contributed by atoms with Gasteiger partial charge < -0.3 is 28.5 Å². The van der Waals surface area contributed by atoms with Crippen LogP contribution in [0.25, 0.3) is 0 Å². The van der Waals surface area contributed by atoms with Crippen LogP contribution in [0.4, 0.5) is 0 Å². The van der Waals surface area contributed by atoms with Gasteiger partial charge in [-0.25, -0.2) is 0 Å². The fourth-order valence-electron chi connectivity index (χ4n) is 2.51. The van der Waals surface area contributed by atoms with Crippen LogP contribution in [0.15, 0.2) is 80.0 Å². The minimum atomic E-state index is -2.85. The number of hydrogen-bond donors (Lipinski definition) is 0. The summed E-state index contributed by atoms with van der Waals surface area (Å²) in [6, 6.07) is 6.57. The van der Waals surface area contributed by atoms with E-state index in [1.807, 2.05) is 0 Å². The summed E-state index contributed by atoms with van der Waals surface area (Å²) < 4.78 is 32.9. The molecule has 168 valence electrons. The van der Waals surface area contributed by atoms with Gasteiger partial charge in [0.25, 0.3) is 0 Å². The van der Waals surface area contributed by atoms with Gasteiger partial charge >= 0.3 is 30.6 Å². The predicted octanol–water partition coefficient (Wildman–Crippen LogP) is -0.492. The molecule has 3 aliphatic heterocycles. The van der Waals surface area contributed by atoms with Gasteiger partial charge in [0, 0.05) is 24.8 Å². The van der Waals surface area contributed by atoms with Gasteiger partial charge in [0.2, 0.25) is 0 Å². The molecule has 0 fully saturated rings. The van der Waals surface area contributed by atoms with Gasteiger partial charge in [0.15, 0.2) is 0 Å². The van der Waals surface area contributed by atoms with Crippen LogP contribution in [0.2, 0.25) is 0 Å². The number of nitrogens with zero attached hydrogens (tertiary/aromatic N) is 8. The molecule has 0 radical (unpaired) electrons. The van der Waals surface area contributed by atoms with E-state index in [-0.39, 0.29) is 17.1 Å². The summed E-state index contributed by atoms with van der Waals surface area (Å²) in [7, 11) is 0. The van der Waals surface area contributed by atoms with E-state index in [1.165, 1.54) is 49.7 Å². The molecule has 17 heteroatoms. The van der Waals surface area contributed by atoms with Crippen LogP contribution in [-0.4, -0.2) is 60.8 Å². The summed E-state index contributed by atoms with van der Waals surface area (Å²) >= 11 is 0. The molecule has 0 atom stereocenters. The van der Waals surface area contributed by atoms with E-state index >= 15 is 0 Å². The molecule has 33 heavy (non-hydrogen) atoms. The second-order valence-electron chi connectivity index (χ2n) is 6.02. The molecule has 2 bridgehead atoms. The maximum Gasteiger partial charge on any atom is 2.00 e. The second-order valence-corrected chi connectivity index (χ2v) is 6.02. The quantitative estimate of drug-likeness (QED) is 0.509. The largest absolute Gasteiger partial charge is 2.00 e. The van der Waals surface area contributed by atoms with Crippen molar-refractivity contribution in [2.45, 2.75) is 0 Å². The maximum absolute atomic E-state index is 5.48. The number of oxime groups is 6. The number of aromatic nitrogens is 2. The predicted molar refractivity (Wildman–Crippen MR) is 117 cm³/mol. The zero-order valence-electron chi connectivity index (χ0n) is 16.6. The third-order valence-corrected chi connectivity index (χ3v) is 3.95.